The number of halogens is 1. The van der Waals surface area contributed by atoms with E-state index in [0.717, 1.165) is 0 Å². The second-order valence-electron chi connectivity index (χ2n) is 1.48. The zero-order valence-corrected chi connectivity index (χ0v) is 6.34. The third-order valence-corrected chi connectivity index (χ3v) is 2.32. The summed E-state index contributed by atoms with van der Waals surface area (Å²) in [5.41, 5.74) is 0. The number of nitrogens with one attached hydrogen (secondary N) is 1. The highest BCUT2D eigenvalue weighted by atomic mass is 79.9. The third-order valence-electron chi connectivity index (χ3n) is 0.699. The van der Waals surface area contributed by atoms with Gasteiger partial charge in [0.25, 0.3) is 0 Å². The lowest BCUT2D eigenvalue weighted by Crippen LogP contribution is -2.22. The molecule has 1 atom stereocenters. The normalized spacial score (nSPS) is 38.6. The van der Waals surface area contributed by atoms with Crippen LogP contribution in [0, 0.1) is 0 Å². The molecule has 1 heterocycles. The van der Waals surface area contributed by atoms with Crippen LogP contribution < -0.4 is 5.32 Å². The van der Waals surface area contributed by atoms with Gasteiger partial charge in [0, 0.05) is 6.20 Å². The lowest BCUT2D eigenvalue weighted by Gasteiger charge is -2.12. The van der Waals surface area contributed by atoms with Crippen LogP contribution in [0.3, 0.4) is 0 Å². The minimum Gasteiger partial charge on any atom is -0.368 e. The number of hydrogen-bond donors (Lipinski definition) is 1. The number of rotatable bonds is 0. The van der Waals surface area contributed by atoms with Crippen LogP contribution in [0.4, 0.5) is 0 Å². The van der Waals surface area contributed by atoms with E-state index in [-0.39, 0.29) is 3.78 Å². The summed E-state index contributed by atoms with van der Waals surface area (Å²) in [5.74, 6) is 0. The molecule has 1 nitrogen and oxygen atoms in total. The van der Waals surface area contributed by atoms with Gasteiger partial charge in [-0.3, -0.25) is 0 Å². The van der Waals surface area contributed by atoms with E-state index in [9.17, 15) is 0 Å². The fourth-order valence-electron chi connectivity index (χ4n) is 0.379. The lowest BCUT2D eigenvalue weighted by molar-refractivity contribution is 0.829. The maximum absolute atomic E-state index is 3.43. The Morgan fingerprint density at radius 1 is 1.86 bits per heavy atom. The molecule has 0 amide bonds. The molecule has 1 aliphatic rings. The number of alkyl halides is 1. The van der Waals surface area contributed by atoms with Crippen molar-refractivity contribution in [2.75, 3.05) is 0 Å². The molecule has 1 N–H and O–H groups in total. The van der Waals surface area contributed by atoms with Crippen molar-refractivity contribution in [2.24, 2.45) is 0 Å². The standard InChI is InChI=1S/C4H6BrNS/c1-4(5)6-2-3-7-4/h2-3,6H,1H3. The summed E-state index contributed by atoms with van der Waals surface area (Å²) < 4.78 is 0.0625. The zero-order valence-electron chi connectivity index (χ0n) is 3.94. The molecule has 1 rings (SSSR count). The summed E-state index contributed by atoms with van der Waals surface area (Å²) in [5, 5.41) is 5.12. The largest absolute Gasteiger partial charge is 0.368 e. The van der Waals surface area contributed by atoms with Crippen LogP contribution in [0.1, 0.15) is 6.92 Å². The third kappa shape index (κ3) is 1.39. The van der Waals surface area contributed by atoms with E-state index in [2.05, 4.69) is 28.2 Å². The predicted molar refractivity (Wildman–Crippen MR) is 37.2 cm³/mol. The van der Waals surface area contributed by atoms with Crippen LogP contribution in [0.25, 0.3) is 0 Å². The maximum Gasteiger partial charge on any atom is 0.140 e. The topological polar surface area (TPSA) is 12.0 Å². The average Bonchev–Trinajstić information content (AvgIpc) is 1.84. The van der Waals surface area contributed by atoms with Gasteiger partial charge in [-0.05, 0) is 28.3 Å². The molecule has 0 saturated heterocycles. The van der Waals surface area contributed by atoms with Gasteiger partial charge >= 0.3 is 0 Å². The molecule has 0 aliphatic carbocycles. The van der Waals surface area contributed by atoms with E-state index in [1.807, 2.05) is 11.6 Å². The molecule has 0 aromatic carbocycles. The Labute approximate surface area is 55.7 Å². The molecule has 40 valence electrons. The molecule has 1 aliphatic heterocycles. The molecule has 0 aromatic heterocycles. The van der Waals surface area contributed by atoms with Gasteiger partial charge in [0.15, 0.2) is 0 Å². The predicted octanol–water partition coefficient (Wildman–Crippen LogP) is 1.86. The minimum absolute atomic E-state index is 0.0625. The second-order valence-corrected chi connectivity index (χ2v) is 4.92. The molecule has 7 heavy (non-hydrogen) atoms. The van der Waals surface area contributed by atoms with Crippen molar-refractivity contribution in [2.45, 2.75) is 10.7 Å². The highest BCUT2D eigenvalue weighted by Gasteiger charge is 2.19. The van der Waals surface area contributed by atoms with Gasteiger partial charge in [-0.1, -0.05) is 11.8 Å². The molecule has 1 unspecified atom stereocenters. The maximum atomic E-state index is 3.43. The summed E-state index contributed by atoms with van der Waals surface area (Å²) in [7, 11) is 0. The molecule has 0 aromatic rings. The molecule has 0 bridgehead atoms. The van der Waals surface area contributed by atoms with Crippen molar-refractivity contribution in [1.82, 2.24) is 5.32 Å². The monoisotopic (exact) mass is 179 g/mol. The Bertz CT molecular complexity index is 89.9. The van der Waals surface area contributed by atoms with E-state index in [1.165, 1.54) is 0 Å². The zero-order chi connectivity index (χ0) is 5.33. The van der Waals surface area contributed by atoms with Crippen LogP contribution in [-0.4, -0.2) is 3.78 Å². The first-order valence-corrected chi connectivity index (χ1v) is 3.67. The molecular formula is C4H6BrNS. The lowest BCUT2D eigenvalue weighted by atomic mass is 10.7. The van der Waals surface area contributed by atoms with Crippen LogP contribution in [0.2, 0.25) is 0 Å². The Hall–Kier alpha value is 0.370. The van der Waals surface area contributed by atoms with Crippen LogP contribution in [-0.2, 0) is 0 Å². The van der Waals surface area contributed by atoms with Crippen LogP contribution in [0.15, 0.2) is 11.6 Å². The fourth-order valence-corrected chi connectivity index (χ4v) is 1.36. The molecular weight excluding hydrogens is 174 g/mol. The first-order chi connectivity index (χ1) is 3.21. The Morgan fingerprint density at radius 2 is 2.57 bits per heavy atom. The molecule has 0 radical (unpaired) electrons. The Morgan fingerprint density at radius 3 is 2.71 bits per heavy atom. The van der Waals surface area contributed by atoms with Gasteiger partial charge < -0.3 is 5.32 Å². The number of hydrogen-bond acceptors (Lipinski definition) is 2. The summed E-state index contributed by atoms with van der Waals surface area (Å²) in [4.78, 5) is 0. The average molecular weight is 180 g/mol. The Kier molecular flexibility index (Phi) is 1.34. The number of thioether (sulfide) groups is 1. The van der Waals surface area contributed by atoms with Crippen molar-refractivity contribution in [3.63, 3.8) is 0 Å². The van der Waals surface area contributed by atoms with Gasteiger partial charge in [-0.15, -0.1) is 0 Å². The fraction of sp³-hybridized carbons (Fsp3) is 0.500. The van der Waals surface area contributed by atoms with Crippen molar-refractivity contribution in [3.05, 3.63) is 11.6 Å². The van der Waals surface area contributed by atoms with Gasteiger partial charge in [0.05, 0.1) is 0 Å². The highest BCUT2D eigenvalue weighted by molar-refractivity contribution is 9.11. The van der Waals surface area contributed by atoms with Gasteiger partial charge in [0.1, 0.15) is 3.78 Å². The van der Waals surface area contributed by atoms with E-state index in [4.69, 9.17) is 0 Å². The smallest absolute Gasteiger partial charge is 0.140 e. The summed E-state index contributed by atoms with van der Waals surface area (Å²) in [6, 6.07) is 0. The van der Waals surface area contributed by atoms with Crippen LogP contribution in [0.5, 0.6) is 0 Å². The first-order valence-electron chi connectivity index (χ1n) is 2.00. The van der Waals surface area contributed by atoms with Gasteiger partial charge in [-0.25, -0.2) is 0 Å². The summed E-state index contributed by atoms with van der Waals surface area (Å²) in [6.45, 7) is 2.07. The molecule has 0 fully saturated rings. The van der Waals surface area contributed by atoms with Gasteiger partial charge in [0.2, 0.25) is 0 Å². The first kappa shape index (κ1) is 5.51. The van der Waals surface area contributed by atoms with Crippen molar-refractivity contribution < 1.29 is 0 Å². The molecule has 3 heteroatoms. The summed E-state index contributed by atoms with van der Waals surface area (Å²) in [6.07, 6.45) is 1.93. The minimum atomic E-state index is 0.0625. The Balaban J connectivity index is 2.49. The second kappa shape index (κ2) is 1.71. The van der Waals surface area contributed by atoms with Crippen LogP contribution >= 0.6 is 27.7 Å². The van der Waals surface area contributed by atoms with Crippen molar-refractivity contribution in [1.29, 1.82) is 0 Å². The molecule has 0 spiro atoms. The highest BCUT2D eigenvalue weighted by Crippen LogP contribution is 2.33. The van der Waals surface area contributed by atoms with Crippen molar-refractivity contribution in [3.8, 4) is 0 Å². The SMILES string of the molecule is CC1(Br)NC=CS1. The van der Waals surface area contributed by atoms with E-state index in [0.29, 0.717) is 0 Å². The summed E-state index contributed by atoms with van der Waals surface area (Å²) >= 11 is 5.16. The van der Waals surface area contributed by atoms with Crippen molar-refractivity contribution >= 4 is 27.7 Å². The van der Waals surface area contributed by atoms with Gasteiger partial charge in [-0.2, -0.15) is 0 Å². The van der Waals surface area contributed by atoms with E-state index < -0.39 is 0 Å². The quantitative estimate of drug-likeness (QED) is 0.451. The van der Waals surface area contributed by atoms with E-state index in [1.54, 1.807) is 11.8 Å². The molecule has 0 saturated carbocycles. The van der Waals surface area contributed by atoms with E-state index >= 15 is 0 Å².